The second-order valence-electron chi connectivity index (χ2n) is 5.35. The van der Waals surface area contributed by atoms with Crippen molar-refractivity contribution in [2.24, 2.45) is 11.8 Å². The maximum absolute atomic E-state index is 3.78. The molecule has 1 fully saturated rings. The van der Waals surface area contributed by atoms with Crippen molar-refractivity contribution in [3.05, 3.63) is 0 Å². The van der Waals surface area contributed by atoms with Crippen molar-refractivity contribution in [3.8, 4) is 0 Å². The van der Waals surface area contributed by atoms with E-state index in [1.807, 2.05) is 0 Å². The van der Waals surface area contributed by atoms with Gasteiger partial charge in [-0.15, -0.1) is 0 Å². The molecule has 1 aliphatic carbocycles. The molecule has 0 aromatic rings. The Bertz CT molecular complexity index is 149. The summed E-state index contributed by atoms with van der Waals surface area (Å²) in [6.45, 7) is 8.19. The van der Waals surface area contributed by atoms with Crippen molar-refractivity contribution in [3.63, 3.8) is 0 Å². The summed E-state index contributed by atoms with van der Waals surface area (Å²) in [4.78, 5) is 0. The number of rotatable bonds is 7. The first-order chi connectivity index (χ1) is 7.27. The first-order valence-electron chi connectivity index (χ1n) is 7.01. The van der Waals surface area contributed by atoms with Crippen molar-refractivity contribution in [1.29, 1.82) is 0 Å². The van der Waals surface area contributed by atoms with Crippen LogP contribution in [0.2, 0.25) is 0 Å². The lowest BCUT2D eigenvalue weighted by Crippen LogP contribution is -2.37. The summed E-state index contributed by atoms with van der Waals surface area (Å²) in [6.07, 6.45) is 9.86. The molecule has 2 unspecified atom stereocenters. The summed E-state index contributed by atoms with van der Waals surface area (Å²) in [5, 5.41) is 3.78. The van der Waals surface area contributed by atoms with E-state index in [9.17, 15) is 0 Å². The average Bonchev–Trinajstić information content (AvgIpc) is 2.77. The third-order valence-corrected chi connectivity index (χ3v) is 3.98. The van der Waals surface area contributed by atoms with Crippen molar-refractivity contribution >= 4 is 0 Å². The third-order valence-electron chi connectivity index (χ3n) is 3.98. The Kier molecular flexibility index (Phi) is 6.31. The lowest BCUT2D eigenvalue weighted by Gasteiger charge is -2.27. The zero-order chi connectivity index (χ0) is 11.1. The van der Waals surface area contributed by atoms with Gasteiger partial charge in [-0.05, 0) is 44.1 Å². The van der Waals surface area contributed by atoms with Gasteiger partial charge in [-0.25, -0.2) is 0 Å². The van der Waals surface area contributed by atoms with Crippen molar-refractivity contribution in [1.82, 2.24) is 5.32 Å². The normalized spacial score (nSPS) is 21.8. The van der Waals surface area contributed by atoms with E-state index in [0.29, 0.717) is 0 Å². The van der Waals surface area contributed by atoms with Crippen molar-refractivity contribution in [2.45, 2.75) is 71.8 Å². The monoisotopic (exact) mass is 211 g/mol. The van der Waals surface area contributed by atoms with Crippen LogP contribution >= 0.6 is 0 Å². The van der Waals surface area contributed by atoms with Crippen LogP contribution in [0.4, 0.5) is 0 Å². The van der Waals surface area contributed by atoms with Crippen LogP contribution in [0.15, 0.2) is 0 Å². The topological polar surface area (TPSA) is 12.0 Å². The molecule has 0 aromatic carbocycles. The smallest absolute Gasteiger partial charge is 0.00978 e. The van der Waals surface area contributed by atoms with Crippen LogP contribution in [0.3, 0.4) is 0 Å². The SMILES string of the molecule is CCCNC(CC(C)CC)C1CCCC1. The molecule has 15 heavy (non-hydrogen) atoms. The summed E-state index contributed by atoms with van der Waals surface area (Å²) in [6, 6.07) is 0.808. The fourth-order valence-electron chi connectivity index (χ4n) is 2.73. The van der Waals surface area contributed by atoms with E-state index in [4.69, 9.17) is 0 Å². The molecule has 1 saturated carbocycles. The molecule has 0 radical (unpaired) electrons. The van der Waals surface area contributed by atoms with Gasteiger partial charge in [0.05, 0.1) is 0 Å². The lowest BCUT2D eigenvalue weighted by molar-refractivity contribution is 0.298. The summed E-state index contributed by atoms with van der Waals surface area (Å²) >= 11 is 0. The van der Waals surface area contributed by atoms with Crippen LogP contribution in [0, 0.1) is 11.8 Å². The van der Waals surface area contributed by atoms with E-state index < -0.39 is 0 Å². The predicted octanol–water partition coefficient (Wildman–Crippen LogP) is 3.98. The van der Waals surface area contributed by atoms with Gasteiger partial charge in [0, 0.05) is 6.04 Å². The Balaban J connectivity index is 2.36. The molecule has 90 valence electrons. The molecule has 1 nitrogen and oxygen atoms in total. The molecule has 0 saturated heterocycles. The maximum Gasteiger partial charge on any atom is 0.00978 e. The van der Waals surface area contributed by atoms with Crippen molar-refractivity contribution < 1.29 is 0 Å². The largest absolute Gasteiger partial charge is 0.314 e. The van der Waals surface area contributed by atoms with Gasteiger partial charge in [0.1, 0.15) is 0 Å². The Morgan fingerprint density at radius 2 is 1.87 bits per heavy atom. The second kappa shape index (κ2) is 7.27. The molecule has 1 rings (SSSR count). The van der Waals surface area contributed by atoms with Crippen LogP contribution in [-0.4, -0.2) is 12.6 Å². The molecule has 0 heterocycles. The van der Waals surface area contributed by atoms with Crippen molar-refractivity contribution in [2.75, 3.05) is 6.54 Å². The minimum Gasteiger partial charge on any atom is -0.314 e. The van der Waals surface area contributed by atoms with Crippen LogP contribution in [-0.2, 0) is 0 Å². The van der Waals surface area contributed by atoms with Gasteiger partial charge >= 0.3 is 0 Å². The zero-order valence-corrected chi connectivity index (χ0v) is 10.9. The first kappa shape index (κ1) is 13.0. The third kappa shape index (κ3) is 4.55. The first-order valence-corrected chi connectivity index (χ1v) is 7.01. The van der Waals surface area contributed by atoms with Gasteiger partial charge in [-0.3, -0.25) is 0 Å². The second-order valence-corrected chi connectivity index (χ2v) is 5.35. The van der Waals surface area contributed by atoms with Crippen LogP contribution < -0.4 is 5.32 Å². The highest BCUT2D eigenvalue weighted by Crippen LogP contribution is 2.30. The number of hydrogen-bond donors (Lipinski definition) is 1. The van der Waals surface area contributed by atoms with E-state index >= 15 is 0 Å². The minimum atomic E-state index is 0.808. The fraction of sp³-hybridized carbons (Fsp3) is 1.00. The minimum absolute atomic E-state index is 0.808. The van der Waals surface area contributed by atoms with Gasteiger partial charge in [-0.2, -0.15) is 0 Å². The molecule has 0 bridgehead atoms. The van der Waals surface area contributed by atoms with E-state index in [0.717, 1.165) is 17.9 Å². The van der Waals surface area contributed by atoms with Gasteiger partial charge in [-0.1, -0.05) is 40.0 Å². The maximum atomic E-state index is 3.78. The fourth-order valence-corrected chi connectivity index (χ4v) is 2.73. The quantitative estimate of drug-likeness (QED) is 0.671. The molecular weight excluding hydrogens is 182 g/mol. The molecule has 0 amide bonds. The van der Waals surface area contributed by atoms with Crippen LogP contribution in [0.5, 0.6) is 0 Å². The molecular formula is C14H29N. The molecule has 1 N–H and O–H groups in total. The van der Waals surface area contributed by atoms with E-state index in [1.54, 1.807) is 0 Å². The molecule has 2 atom stereocenters. The van der Waals surface area contributed by atoms with Gasteiger partial charge in [0.2, 0.25) is 0 Å². The van der Waals surface area contributed by atoms with Crippen LogP contribution in [0.1, 0.15) is 65.7 Å². The summed E-state index contributed by atoms with van der Waals surface area (Å²) in [5.74, 6) is 1.87. The Hall–Kier alpha value is -0.0400. The average molecular weight is 211 g/mol. The summed E-state index contributed by atoms with van der Waals surface area (Å²) in [5.41, 5.74) is 0. The Morgan fingerprint density at radius 3 is 2.40 bits per heavy atom. The predicted molar refractivity (Wildman–Crippen MR) is 68.1 cm³/mol. The summed E-state index contributed by atoms with van der Waals surface area (Å²) < 4.78 is 0. The summed E-state index contributed by atoms with van der Waals surface area (Å²) in [7, 11) is 0. The highest BCUT2D eigenvalue weighted by Gasteiger charge is 2.25. The van der Waals surface area contributed by atoms with E-state index in [2.05, 4.69) is 26.1 Å². The van der Waals surface area contributed by atoms with Gasteiger partial charge < -0.3 is 5.32 Å². The molecule has 1 aliphatic rings. The molecule has 1 heteroatoms. The van der Waals surface area contributed by atoms with Crippen LogP contribution in [0.25, 0.3) is 0 Å². The lowest BCUT2D eigenvalue weighted by atomic mass is 9.89. The molecule has 0 aromatic heterocycles. The molecule has 0 spiro atoms. The number of nitrogens with one attached hydrogen (secondary N) is 1. The Morgan fingerprint density at radius 1 is 1.20 bits per heavy atom. The highest BCUT2D eigenvalue weighted by atomic mass is 14.9. The standard InChI is InChI=1S/C14H29N/c1-4-10-15-14(11-12(3)5-2)13-8-6-7-9-13/h12-15H,4-11H2,1-3H3. The molecule has 0 aliphatic heterocycles. The number of hydrogen-bond acceptors (Lipinski definition) is 1. The Labute approximate surface area is 96.0 Å². The van der Waals surface area contributed by atoms with E-state index in [1.165, 1.54) is 51.5 Å². The zero-order valence-electron chi connectivity index (χ0n) is 10.9. The highest BCUT2D eigenvalue weighted by molar-refractivity contribution is 4.81. The van der Waals surface area contributed by atoms with Gasteiger partial charge in [0.15, 0.2) is 0 Å². The van der Waals surface area contributed by atoms with E-state index in [-0.39, 0.29) is 0 Å². The van der Waals surface area contributed by atoms with Gasteiger partial charge in [0.25, 0.3) is 0 Å².